The van der Waals surface area contributed by atoms with E-state index in [1.165, 1.54) is 30.6 Å². The molecule has 0 radical (unpaired) electrons. The molecule has 2 atom stereocenters. The largest absolute Gasteiger partial charge is 0.508 e. The average Bonchev–Trinajstić information content (AvgIpc) is 3.33. The highest BCUT2D eigenvalue weighted by atomic mass is 35.5. The van der Waals surface area contributed by atoms with Gasteiger partial charge in [0.15, 0.2) is 0 Å². The molecule has 0 fully saturated rings. The number of amides is 1. The summed E-state index contributed by atoms with van der Waals surface area (Å²) in [6.45, 7) is 1.77. The Labute approximate surface area is 217 Å². The number of phenolic OH excluding ortho intramolecular Hbond substituents is 1. The Balaban J connectivity index is 1.71. The summed E-state index contributed by atoms with van der Waals surface area (Å²) < 4.78 is 18.0. The van der Waals surface area contributed by atoms with Gasteiger partial charge >= 0.3 is 5.97 Å². The van der Waals surface area contributed by atoms with E-state index in [2.05, 4.69) is 10.6 Å². The summed E-state index contributed by atoms with van der Waals surface area (Å²) in [6.07, 6.45) is 0.730. The summed E-state index contributed by atoms with van der Waals surface area (Å²) in [5.74, 6) is -1.17. The lowest BCUT2D eigenvalue weighted by atomic mass is 10.1. The Hall–Kier alpha value is -2.51. The second-order valence-corrected chi connectivity index (χ2v) is 12.9. The number of carbonyl (C=O) groups excluding carboxylic acids is 2. The predicted molar refractivity (Wildman–Crippen MR) is 142 cm³/mol. The van der Waals surface area contributed by atoms with Crippen molar-refractivity contribution in [3.8, 4) is 5.75 Å². The van der Waals surface area contributed by atoms with E-state index in [-0.39, 0.29) is 27.9 Å². The van der Waals surface area contributed by atoms with Gasteiger partial charge in [-0.05, 0) is 60.4 Å². The second-order valence-electron chi connectivity index (χ2n) is 7.94. The van der Waals surface area contributed by atoms with Gasteiger partial charge in [0.25, 0.3) is 5.91 Å². The first kappa shape index (κ1) is 27.1. The van der Waals surface area contributed by atoms with Gasteiger partial charge in [-0.2, -0.15) is 0 Å². The number of halogens is 2. The number of rotatable bonds is 10. The molecule has 0 aliphatic heterocycles. The highest BCUT2D eigenvalue weighted by Gasteiger charge is 2.25. The summed E-state index contributed by atoms with van der Waals surface area (Å²) in [6, 6.07) is 12.3. The first-order chi connectivity index (χ1) is 16.6. The number of nitrogens with one attached hydrogen (secondary N) is 2. The maximum Gasteiger partial charge on any atom is 0.330 e. The Morgan fingerprint density at radius 3 is 2.46 bits per heavy atom. The molecule has 11 heteroatoms. The van der Waals surface area contributed by atoms with E-state index in [0.29, 0.717) is 23.5 Å². The molecule has 3 aromatic rings. The molecule has 1 heterocycles. The van der Waals surface area contributed by atoms with Gasteiger partial charge in [0, 0.05) is 18.0 Å². The third-order valence-corrected chi connectivity index (χ3v) is 9.20. The van der Waals surface area contributed by atoms with E-state index in [9.17, 15) is 19.3 Å². The van der Waals surface area contributed by atoms with Gasteiger partial charge in [-0.15, -0.1) is 11.3 Å². The molecular formula is C24H25Cl2N2O5PS. The minimum Gasteiger partial charge on any atom is -0.508 e. The fourth-order valence-electron chi connectivity index (χ4n) is 3.39. The summed E-state index contributed by atoms with van der Waals surface area (Å²) in [5, 5.41) is 18.9. The van der Waals surface area contributed by atoms with E-state index in [1.807, 2.05) is 17.5 Å². The molecular weight excluding hydrogens is 530 g/mol. The zero-order valence-corrected chi connectivity index (χ0v) is 22.3. The number of thiophene rings is 1. The van der Waals surface area contributed by atoms with Crippen molar-refractivity contribution in [2.45, 2.75) is 12.5 Å². The van der Waals surface area contributed by atoms with Crippen LogP contribution < -0.4 is 15.9 Å². The highest BCUT2D eigenvalue weighted by molar-refractivity contribution is 7.70. The van der Waals surface area contributed by atoms with E-state index in [1.54, 1.807) is 30.9 Å². The molecule has 0 aliphatic carbocycles. The summed E-state index contributed by atoms with van der Waals surface area (Å²) >= 11 is 14.3. The summed E-state index contributed by atoms with van der Waals surface area (Å²) in [5.41, 5.74) is 0.748. The van der Waals surface area contributed by atoms with Gasteiger partial charge < -0.3 is 25.0 Å². The molecule has 186 valence electrons. The zero-order valence-electron chi connectivity index (χ0n) is 19.1. The highest BCUT2D eigenvalue weighted by Crippen LogP contribution is 2.41. The van der Waals surface area contributed by atoms with E-state index in [4.69, 9.17) is 27.9 Å². The minimum absolute atomic E-state index is 0.0368. The van der Waals surface area contributed by atoms with Crippen molar-refractivity contribution in [2.75, 3.05) is 31.8 Å². The van der Waals surface area contributed by atoms with Crippen molar-refractivity contribution >= 4 is 63.9 Å². The summed E-state index contributed by atoms with van der Waals surface area (Å²) in [4.78, 5) is 25.1. The Bertz CT molecular complexity index is 1230. The lowest BCUT2D eigenvalue weighted by molar-refractivity contribution is -0.142. The number of esters is 1. The molecule has 1 amide bonds. The van der Waals surface area contributed by atoms with Crippen molar-refractivity contribution in [3.05, 3.63) is 75.1 Å². The van der Waals surface area contributed by atoms with Crippen LogP contribution >= 0.6 is 41.7 Å². The third-order valence-electron chi connectivity index (χ3n) is 5.32. The number of aromatic hydroxyl groups is 1. The Morgan fingerprint density at radius 1 is 1.14 bits per heavy atom. The number of methoxy groups -OCH3 is 1. The standard InChI is InChI=1S/C24H25Cl2N2O5PS/c1-33-24(31)20(14-27-21-7-4-10-35-21)28-23(30)22-18(25)11-15(12-19(22)26)8-9-34(2,32)17-6-3-5-16(29)13-17/h3-7,10-13,20,27,29H,8-9,14H2,1-2H3,(H,28,30)/t20-,34?/m0/s1. The number of hydrogen-bond acceptors (Lipinski definition) is 7. The van der Waals surface area contributed by atoms with Crippen molar-refractivity contribution in [3.63, 3.8) is 0 Å². The Kier molecular flexibility index (Phi) is 9.25. The van der Waals surface area contributed by atoms with Crippen molar-refractivity contribution < 1.29 is 24.0 Å². The quantitative estimate of drug-likeness (QED) is 0.240. The number of phenols is 1. The number of carbonyl (C=O) groups is 2. The smallest absolute Gasteiger partial charge is 0.330 e. The molecule has 1 aromatic heterocycles. The van der Waals surface area contributed by atoms with Crippen LogP contribution in [0.1, 0.15) is 15.9 Å². The maximum absolute atomic E-state index is 13.2. The molecule has 0 spiro atoms. The van der Waals surface area contributed by atoms with Crippen LogP contribution in [-0.2, 0) is 20.5 Å². The monoisotopic (exact) mass is 554 g/mol. The lowest BCUT2D eigenvalue weighted by Gasteiger charge is -2.19. The molecule has 35 heavy (non-hydrogen) atoms. The SMILES string of the molecule is COC(=O)[C@H](CNc1cccs1)NC(=O)c1c(Cl)cc(CCP(C)(=O)c2cccc(O)c2)cc1Cl. The topological polar surface area (TPSA) is 105 Å². The zero-order chi connectivity index (χ0) is 25.6. The minimum atomic E-state index is -2.74. The van der Waals surface area contributed by atoms with Crippen molar-refractivity contribution in [1.29, 1.82) is 0 Å². The van der Waals surface area contributed by atoms with E-state index < -0.39 is 25.1 Å². The molecule has 0 bridgehead atoms. The molecule has 3 N–H and O–H groups in total. The normalized spacial score (nSPS) is 13.5. The van der Waals surface area contributed by atoms with Crippen molar-refractivity contribution in [1.82, 2.24) is 5.32 Å². The van der Waals surface area contributed by atoms with Gasteiger partial charge in [0.1, 0.15) is 18.9 Å². The number of anilines is 1. The molecule has 7 nitrogen and oxygen atoms in total. The van der Waals surface area contributed by atoms with Crippen LogP contribution in [0.25, 0.3) is 0 Å². The van der Waals surface area contributed by atoms with Gasteiger partial charge in [-0.25, -0.2) is 4.79 Å². The van der Waals surface area contributed by atoms with Crippen LogP contribution in [0.5, 0.6) is 5.75 Å². The molecule has 0 saturated carbocycles. The Morgan fingerprint density at radius 2 is 1.86 bits per heavy atom. The first-order valence-electron chi connectivity index (χ1n) is 10.6. The maximum atomic E-state index is 13.2. The van der Waals surface area contributed by atoms with Crippen LogP contribution in [0.4, 0.5) is 5.00 Å². The molecule has 2 aromatic carbocycles. The first-order valence-corrected chi connectivity index (χ1v) is 14.6. The van der Waals surface area contributed by atoms with E-state index >= 15 is 0 Å². The van der Waals surface area contributed by atoms with Crippen LogP contribution in [0, 0.1) is 0 Å². The van der Waals surface area contributed by atoms with Crippen LogP contribution in [0.15, 0.2) is 53.9 Å². The van der Waals surface area contributed by atoms with Gasteiger partial charge in [0.05, 0.1) is 27.7 Å². The van der Waals surface area contributed by atoms with Gasteiger partial charge in [-0.3, -0.25) is 4.79 Å². The van der Waals surface area contributed by atoms with Crippen molar-refractivity contribution in [2.24, 2.45) is 0 Å². The lowest BCUT2D eigenvalue weighted by Crippen LogP contribution is -2.46. The second kappa shape index (κ2) is 12.0. The predicted octanol–water partition coefficient (Wildman–Crippen LogP) is 5.00. The van der Waals surface area contributed by atoms with Crippen LogP contribution in [0.3, 0.4) is 0 Å². The molecule has 0 saturated heterocycles. The molecule has 3 rings (SSSR count). The van der Waals surface area contributed by atoms with E-state index in [0.717, 1.165) is 5.00 Å². The fourth-order valence-corrected chi connectivity index (χ4v) is 6.47. The number of aryl methyl sites for hydroxylation is 1. The van der Waals surface area contributed by atoms with Crippen LogP contribution in [-0.4, -0.2) is 49.5 Å². The fraction of sp³-hybridized carbons (Fsp3) is 0.250. The summed E-state index contributed by atoms with van der Waals surface area (Å²) in [7, 11) is -1.50. The van der Waals surface area contributed by atoms with Crippen LogP contribution in [0.2, 0.25) is 10.0 Å². The van der Waals surface area contributed by atoms with Gasteiger partial charge in [-0.1, -0.05) is 35.3 Å². The number of ether oxygens (including phenoxy) is 1. The van der Waals surface area contributed by atoms with Gasteiger partial charge in [0.2, 0.25) is 0 Å². The average molecular weight is 555 g/mol. The molecule has 0 aliphatic rings. The molecule has 1 unspecified atom stereocenters. The number of hydrogen-bond donors (Lipinski definition) is 3. The third kappa shape index (κ3) is 7.24. The number of benzene rings is 2.